The van der Waals surface area contributed by atoms with E-state index in [0.29, 0.717) is 22.0 Å². The fourth-order valence-corrected chi connectivity index (χ4v) is 2.08. The first-order valence-electron chi connectivity index (χ1n) is 5.39. The van der Waals surface area contributed by atoms with Crippen molar-refractivity contribution in [3.05, 3.63) is 51.5 Å². The molecule has 0 radical (unpaired) electrons. The lowest BCUT2D eigenvalue weighted by Gasteiger charge is -2.02. The second-order valence-corrected chi connectivity index (χ2v) is 5.09. The Bertz CT molecular complexity index is 632. The molecule has 0 heterocycles. The Morgan fingerprint density at radius 2 is 1.74 bits per heavy atom. The van der Waals surface area contributed by atoms with Crippen LogP contribution in [0.25, 0.3) is 0 Å². The number of azo groups is 1. The molecule has 0 aliphatic rings. The lowest BCUT2D eigenvalue weighted by Crippen LogP contribution is -1.83. The highest BCUT2D eigenvalue weighted by Gasteiger charge is 2.03. The molecule has 19 heavy (non-hydrogen) atoms. The summed E-state index contributed by atoms with van der Waals surface area (Å²) in [6.45, 7) is -0.128. The standard InChI is InChI=1S/C13H10BrClN2O2/c14-9-1-3-12(8(5-9)7-18)16-17-13-4-2-10(19)6-11(13)15/h1-6,18-19H,7H2. The maximum atomic E-state index is 9.25. The van der Waals surface area contributed by atoms with E-state index in [1.165, 1.54) is 12.1 Å². The van der Waals surface area contributed by atoms with Gasteiger partial charge in [0.05, 0.1) is 17.3 Å². The molecule has 2 aromatic carbocycles. The van der Waals surface area contributed by atoms with Crippen molar-refractivity contribution in [1.29, 1.82) is 0 Å². The van der Waals surface area contributed by atoms with Gasteiger partial charge in [-0.25, -0.2) is 0 Å². The molecule has 0 bridgehead atoms. The lowest BCUT2D eigenvalue weighted by atomic mass is 10.2. The topological polar surface area (TPSA) is 65.2 Å². The first kappa shape index (κ1) is 14.0. The average Bonchev–Trinajstić information content (AvgIpc) is 2.39. The molecule has 0 unspecified atom stereocenters. The van der Waals surface area contributed by atoms with E-state index in [9.17, 15) is 10.2 Å². The van der Waals surface area contributed by atoms with Gasteiger partial charge in [0, 0.05) is 16.1 Å². The summed E-state index contributed by atoms with van der Waals surface area (Å²) in [5, 5.41) is 26.9. The van der Waals surface area contributed by atoms with Gasteiger partial charge in [-0.1, -0.05) is 27.5 Å². The monoisotopic (exact) mass is 340 g/mol. The molecular weight excluding hydrogens is 332 g/mol. The molecule has 4 nitrogen and oxygen atoms in total. The molecule has 0 fully saturated rings. The molecule has 6 heteroatoms. The van der Waals surface area contributed by atoms with E-state index in [0.717, 1.165) is 4.47 Å². The Balaban J connectivity index is 2.32. The molecular formula is C13H10BrClN2O2. The molecule has 2 aromatic rings. The van der Waals surface area contributed by atoms with Crippen molar-refractivity contribution >= 4 is 38.9 Å². The Morgan fingerprint density at radius 1 is 1.05 bits per heavy atom. The number of rotatable bonds is 3. The van der Waals surface area contributed by atoms with Gasteiger partial charge >= 0.3 is 0 Å². The highest BCUT2D eigenvalue weighted by Crippen LogP contribution is 2.31. The van der Waals surface area contributed by atoms with Gasteiger partial charge in [-0.2, -0.15) is 5.11 Å². The number of aromatic hydroxyl groups is 1. The number of phenolic OH excluding ortho intramolecular Hbond substituents is 1. The second-order valence-electron chi connectivity index (χ2n) is 3.77. The molecule has 0 spiro atoms. The minimum atomic E-state index is -0.128. The predicted molar refractivity (Wildman–Crippen MR) is 77.4 cm³/mol. The van der Waals surface area contributed by atoms with Crippen molar-refractivity contribution in [2.45, 2.75) is 6.61 Å². The molecule has 0 aliphatic carbocycles. The van der Waals surface area contributed by atoms with Gasteiger partial charge in [0.25, 0.3) is 0 Å². The summed E-state index contributed by atoms with van der Waals surface area (Å²) in [6, 6.07) is 9.77. The smallest absolute Gasteiger partial charge is 0.117 e. The van der Waals surface area contributed by atoms with Crippen LogP contribution < -0.4 is 0 Å². The van der Waals surface area contributed by atoms with Gasteiger partial charge in [0.15, 0.2) is 0 Å². The number of aliphatic hydroxyl groups is 1. The quantitative estimate of drug-likeness (QED) is 0.794. The van der Waals surface area contributed by atoms with E-state index in [4.69, 9.17) is 11.6 Å². The maximum Gasteiger partial charge on any atom is 0.117 e. The van der Waals surface area contributed by atoms with E-state index in [2.05, 4.69) is 26.2 Å². The molecule has 0 atom stereocenters. The van der Waals surface area contributed by atoms with E-state index in [1.54, 1.807) is 18.2 Å². The Labute approximate surface area is 123 Å². The van der Waals surface area contributed by atoms with E-state index in [-0.39, 0.29) is 12.4 Å². The third kappa shape index (κ3) is 3.53. The van der Waals surface area contributed by atoms with Crippen molar-refractivity contribution < 1.29 is 10.2 Å². The molecule has 0 saturated carbocycles. The Kier molecular flexibility index (Phi) is 4.52. The van der Waals surface area contributed by atoms with Crippen LogP contribution in [-0.4, -0.2) is 10.2 Å². The summed E-state index contributed by atoms with van der Waals surface area (Å²) >= 11 is 9.24. The third-order valence-electron chi connectivity index (χ3n) is 2.41. The van der Waals surface area contributed by atoms with Crippen LogP contribution in [0.1, 0.15) is 5.56 Å². The summed E-state index contributed by atoms with van der Waals surface area (Å²) in [4.78, 5) is 0. The SMILES string of the molecule is OCc1cc(Br)ccc1N=Nc1ccc(O)cc1Cl. The Morgan fingerprint density at radius 3 is 2.42 bits per heavy atom. The zero-order valence-electron chi connectivity index (χ0n) is 9.72. The zero-order chi connectivity index (χ0) is 13.8. The minimum absolute atomic E-state index is 0.0728. The number of hydrogen-bond acceptors (Lipinski definition) is 4. The molecule has 0 amide bonds. The molecule has 2 rings (SSSR count). The highest BCUT2D eigenvalue weighted by molar-refractivity contribution is 9.10. The lowest BCUT2D eigenvalue weighted by molar-refractivity contribution is 0.282. The van der Waals surface area contributed by atoms with Gasteiger partial charge in [0.1, 0.15) is 11.4 Å². The van der Waals surface area contributed by atoms with Crippen molar-refractivity contribution in [1.82, 2.24) is 0 Å². The summed E-state index contributed by atoms with van der Waals surface area (Å²) in [5.41, 5.74) is 1.68. The van der Waals surface area contributed by atoms with E-state index >= 15 is 0 Å². The van der Waals surface area contributed by atoms with Crippen LogP contribution in [0.5, 0.6) is 5.75 Å². The van der Waals surface area contributed by atoms with Gasteiger partial charge in [-0.3, -0.25) is 0 Å². The van der Waals surface area contributed by atoms with Crippen LogP contribution in [0.2, 0.25) is 5.02 Å². The van der Waals surface area contributed by atoms with E-state index < -0.39 is 0 Å². The third-order valence-corrected chi connectivity index (χ3v) is 3.20. The zero-order valence-corrected chi connectivity index (χ0v) is 12.1. The average molecular weight is 342 g/mol. The molecule has 0 aliphatic heterocycles. The highest BCUT2D eigenvalue weighted by atomic mass is 79.9. The molecule has 0 saturated heterocycles. The van der Waals surface area contributed by atoms with Crippen LogP contribution in [0.4, 0.5) is 11.4 Å². The Hall–Kier alpha value is -1.43. The maximum absolute atomic E-state index is 9.25. The van der Waals surface area contributed by atoms with Crippen LogP contribution >= 0.6 is 27.5 Å². The molecule has 2 N–H and O–H groups in total. The number of hydrogen-bond donors (Lipinski definition) is 2. The normalized spacial score (nSPS) is 11.1. The van der Waals surface area contributed by atoms with Crippen molar-refractivity contribution in [2.75, 3.05) is 0 Å². The van der Waals surface area contributed by atoms with Crippen molar-refractivity contribution in [2.24, 2.45) is 10.2 Å². The first-order valence-corrected chi connectivity index (χ1v) is 6.57. The molecule has 0 aromatic heterocycles. The largest absolute Gasteiger partial charge is 0.508 e. The minimum Gasteiger partial charge on any atom is -0.508 e. The number of aliphatic hydroxyl groups excluding tert-OH is 1. The predicted octanol–water partition coefficient (Wildman–Crippen LogP) is 4.72. The van der Waals surface area contributed by atoms with Gasteiger partial charge < -0.3 is 10.2 Å². The van der Waals surface area contributed by atoms with Gasteiger partial charge in [-0.05, 0) is 30.3 Å². The van der Waals surface area contributed by atoms with Gasteiger partial charge in [-0.15, -0.1) is 5.11 Å². The van der Waals surface area contributed by atoms with Crippen LogP contribution in [0.3, 0.4) is 0 Å². The summed E-state index contributed by atoms with van der Waals surface area (Å²) in [6.07, 6.45) is 0. The number of nitrogens with zero attached hydrogens (tertiary/aromatic N) is 2. The van der Waals surface area contributed by atoms with Gasteiger partial charge in [0.2, 0.25) is 0 Å². The van der Waals surface area contributed by atoms with Crippen LogP contribution in [-0.2, 0) is 6.61 Å². The van der Waals surface area contributed by atoms with Crippen LogP contribution in [0.15, 0.2) is 51.1 Å². The number of benzene rings is 2. The molecule has 98 valence electrons. The van der Waals surface area contributed by atoms with Crippen molar-refractivity contribution in [3.8, 4) is 5.75 Å². The second kappa shape index (κ2) is 6.14. The summed E-state index contributed by atoms with van der Waals surface area (Å²) in [5.74, 6) is 0.0728. The number of phenols is 1. The van der Waals surface area contributed by atoms with Crippen molar-refractivity contribution in [3.63, 3.8) is 0 Å². The van der Waals surface area contributed by atoms with Crippen LogP contribution in [0, 0.1) is 0 Å². The fraction of sp³-hybridized carbons (Fsp3) is 0.0769. The first-order chi connectivity index (χ1) is 9.10. The number of halogens is 2. The summed E-state index contributed by atoms with van der Waals surface area (Å²) < 4.78 is 0.859. The fourth-order valence-electron chi connectivity index (χ4n) is 1.46. The summed E-state index contributed by atoms with van der Waals surface area (Å²) in [7, 11) is 0. The van der Waals surface area contributed by atoms with E-state index in [1.807, 2.05) is 6.07 Å².